The van der Waals surface area contributed by atoms with Gasteiger partial charge in [0.05, 0.1) is 39.6 Å². The molecule has 26 atom stereocenters. The molecular formula is C53H86O20. The van der Waals surface area contributed by atoms with Gasteiger partial charge in [-0.15, -0.1) is 0 Å². The van der Waals surface area contributed by atoms with Crippen LogP contribution >= 0.6 is 0 Å². The van der Waals surface area contributed by atoms with Gasteiger partial charge in [0.15, 0.2) is 31.1 Å². The first-order valence-corrected chi connectivity index (χ1v) is 26.5. The van der Waals surface area contributed by atoms with Crippen molar-refractivity contribution < 1.29 is 98.2 Å². The Morgan fingerprint density at radius 1 is 0.685 bits per heavy atom. The molecule has 20 heteroatoms. The van der Waals surface area contributed by atoms with Crippen LogP contribution < -0.4 is 0 Å². The largest absolute Gasteiger partial charge is 0.467 e. The third kappa shape index (κ3) is 9.27. The highest BCUT2D eigenvalue weighted by Crippen LogP contribution is 2.76. The van der Waals surface area contributed by atoms with Crippen molar-refractivity contribution in [3.8, 4) is 0 Å². The van der Waals surface area contributed by atoms with E-state index in [9.17, 15) is 55.5 Å². The fourth-order valence-electron chi connectivity index (χ4n) is 16.1. The summed E-state index contributed by atoms with van der Waals surface area (Å²) in [6, 6.07) is 0. The minimum absolute atomic E-state index is 0.0845. The summed E-state index contributed by atoms with van der Waals surface area (Å²) in [6.45, 7) is 16.4. The lowest BCUT2D eigenvalue weighted by molar-refractivity contribution is -0.398. The summed E-state index contributed by atoms with van der Waals surface area (Å²) in [5.74, 6) is -2.39. The second-order valence-electron chi connectivity index (χ2n) is 25.2. The lowest BCUT2D eigenvalue weighted by atomic mass is 9.33. The van der Waals surface area contributed by atoms with Crippen LogP contribution in [0.25, 0.3) is 0 Å². The van der Waals surface area contributed by atoms with Crippen LogP contribution in [-0.2, 0) is 52.2 Å². The third-order valence-corrected chi connectivity index (χ3v) is 20.7. The Bertz CT molecular complexity index is 2020. The van der Waals surface area contributed by atoms with E-state index in [4.69, 9.17) is 42.6 Å². The first-order valence-electron chi connectivity index (χ1n) is 26.5. The first-order chi connectivity index (χ1) is 34.1. The Labute approximate surface area is 428 Å². The average molecular weight is 1040 g/mol. The fraction of sp³-hybridized carbons (Fsp3) is 0.925. The number of carbonyl (C=O) groups is 2. The van der Waals surface area contributed by atoms with Gasteiger partial charge in [0, 0.05) is 18.4 Å². The van der Waals surface area contributed by atoms with Crippen LogP contribution in [-0.4, -0.2) is 197 Å². The normalized spacial score (nSPS) is 52.0. The van der Waals surface area contributed by atoms with E-state index in [0.29, 0.717) is 18.8 Å². The number of hydrogen-bond donors (Lipinski definition) is 9. The Kier molecular flexibility index (Phi) is 16.2. The maximum absolute atomic E-state index is 14.0. The fourth-order valence-corrected chi connectivity index (χ4v) is 16.1. The highest BCUT2D eigenvalue weighted by atomic mass is 16.8. The van der Waals surface area contributed by atoms with E-state index in [1.165, 1.54) is 34.0 Å². The summed E-state index contributed by atoms with van der Waals surface area (Å²) in [6.07, 6.45) is -18.4. The van der Waals surface area contributed by atoms with Gasteiger partial charge in [0.1, 0.15) is 61.0 Å². The molecular weight excluding hydrogens is 957 g/mol. The van der Waals surface area contributed by atoms with Crippen molar-refractivity contribution in [2.45, 2.75) is 218 Å². The molecule has 0 spiro atoms. The minimum Gasteiger partial charge on any atom is -0.467 e. The van der Waals surface area contributed by atoms with E-state index >= 15 is 0 Å². The van der Waals surface area contributed by atoms with Crippen molar-refractivity contribution >= 4 is 11.9 Å². The second-order valence-corrected chi connectivity index (χ2v) is 25.2. The van der Waals surface area contributed by atoms with Crippen molar-refractivity contribution in [2.24, 2.45) is 56.2 Å². The zero-order valence-electron chi connectivity index (χ0n) is 44.5. The van der Waals surface area contributed by atoms with Crippen LogP contribution in [0.1, 0.15) is 113 Å². The molecule has 8 aliphatic rings. The number of carbonyl (C=O) groups excluding carboxylic acids is 2. The van der Waals surface area contributed by atoms with Gasteiger partial charge in [0.25, 0.3) is 0 Å². The molecule has 3 saturated heterocycles. The average Bonchev–Trinajstić information content (AvgIpc) is 3.35. The van der Waals surface area contributed by atoms with E-state index in [2.05, 4.69) is 47.6 Å². The first kappa shape index (κ1) is 57.2. The predicted octanol–water partition coefficient (Wildman–Crippen LogP) is 1.24. The lowest BCUT2D eigenvalue weighted by Gasteiger charge is -2.72. The standard InChI is InChI=1S/C53H86O20/c1-24-31(56)33(58)37(62)45(68-24)71-40-34(59)32(57)28(22-54)69-46(40)72-41-36(61)35(60)39(44(64)67-11)70-47(41)73-42-25(38(65-9)43(63)66-10)20-50(5)29(51(42,6)23-55)14-15-53(8)30(50)13-12-26-27-21-48(2,3)16-17-49(27,4)18-19-52(26,53)7/h12,24-25,27-42,45-47,54-62H,13-23H2,1-11H3/t24-,25+,27-,28+,29+,30+,31-,32+,33+,34-,35-,36-,37+,38-,39-,40+,41+,42-,45-,46-,47-,49+,50-,51+,52+,53+/m0/s1. The van der Waals surface area contributed by atoms with Gasteiger partial charge in [0.2, 0.25) is 0 Å². The molecule has 9 N–H and O–H groups in total. The number of ether oxygens (including phenoxy) is 9. The smallest absolute Gasteiger partial charge is 0.337 e. The predicted molar refractivity (Wildman–Crippen MR) is 255 cm³/mol. The highest BCUT2D eigenvalue weighted by Gasteiger charge is 2.71. The van der Waals surface area contributed by atoms with Gasteiger partial charge in [-0.25, -0.2) is 9.59 Å². The number of methoxy groups -OCH3 is 3. The topological polar surface area (TPSA) is 299 Å². The molecule has 0 aromatic carbocycles. The molecule has 0 radical (unpaired) electrons. The SMILES string of the molecule is COC(=O)[C@H]1O[C@@H](O[C@H]2[C@@H]([C@H](OC)C(=O)OC)C[C@@]3(C)[C@@H](CC[C@]4(C)[C@@H]3CC=C3[C@@H]5CC(C)(C)CC[C@]5(C)CC[C@]34C)[C@@]2(C)CO)[C@H](O[C@@H]2O[C@H](CO)[C@@H](O)[C@H](O)[C@H]2O[C@@H]2O[C@@H](C)[C@H](O)[C@@H](O)[C@H]2O)[C@@H](O)[C@@H]1O. The maximum Gasteiger partial charge on any atom is 0.337 e. The van der Waals surface area contributed by atoms with Gasteiger partial charge in [-0.05, 0) is 110 Å². The van der Waals surface area contributed by atoms with Gasteiger partial charge in [-0.2, -0.15) is 0 Å². The monoisotopic (exact) mass is 1040 g/mol. The van der Waals surface area contributed by atoms with Gasteiger partial charge >= 0.3 is 11.9 Å². The number of esters is 2. The molecule has 418 valence electrons. The molecule has 7 fully saturated rings. The van der Waals surface area contributed by atoms with E-state index in [-0.39, 0.29) is 33.5 Å². The quantitative estimate of drug-likeness (QED) is 0.0755. The number of aliphatic hydroxyl groups is 9. The zero-order chi connectivity index (χ0) is 53.7. The van der Waals surface area contributed by atoms with E-state index in [0.717, 1.165) is 39.2 Å². The summed E-state index contributed by atoms with van der Waals surface area (Å²) < 4.78 is 53.6. The summed E-state index contributed by atoms with van der Waals surface area (Å²) >= 11 is 0. The van der Waals surface area contributed by atoms with E-state index in [1.54, 1.807) is 5.57 Å². The molecule has 0 aromatic rings. The van der Waals surface area contributed by atoms with Crippen molar-refractivity contribution in [1.82, 2.24) is 0 Å². The molecule has 8 rings (SSSR count). The van der Waals surface area contributed by atoms with Crippen molar-refractivity contribution in [2.75, 3.05) is 34.5 Å². The van der Waals surface area contributed by atoms with Crippen LogP contribution in [0.5, 0.6) is 0 Å². The van der Waals surface area contributed by atoms with Gasteiger partial charge < -0.3 is 88.6 Å². The number of hydrogen-bond acceptors (Lipinski definition) is 20. The zero-order valence-corrected chi connectivity index (χ0v) is 44.5. The number of allylic oxidation sites excluding steroid dienone is 2. The molecule has 0 bridgehead atoms. The Morgan fingerprint density at radius 3 is 1.93 bits per heavy atom. The van der Waals surface area contributed by atoms with Crippen molar-refractivity contribution in [3.05, 3.63) is 11.6 Å². The van der Waals surface area contributed by atoms with Crippen LogP contribution in [0, 0.1) is 56.2 Å². The van der Waals surface area contributed by atoms with Crippen LogP contribution in [0.15, 0.2) is 11.6 Å². The van der Waals surface area contributed by atoms with Crippen LogP contribution in [0.2, 0.25) is 0 Å². The molecule has 20 nitrogen and oxygen atoms in total. The molecule has 0 amide bonds. The summed E-state index contributed by atoms with van der Waals surface area (Å²) in [4.78, 5) is 27.4. The van der Waals surface area contributed by atoms with E-state index in [1.807, 2.05) is 6.92 Å². The van der Waals surface area contributed by atoms with E-state index < -0.39 is 146 Å². The number of fused-ring (bicyclic) bond motifs is 7. The molecule has 0 unspecified atom stereocenters. The summed E-state index contributed by atoms with van der Waals surface area (Å²) in [5.41, 5.74) is -0.0233. The van der Waals surface area contributed by atoms with Crippen molar-refractivity contribution in [1.29, 1.82) is 0 Å². The summed E-state index contributed by atoms with van der Waals surface area (Å²) in [5, 5.41) is 100. The molecule has 4 saturated carbocycles. The number of aliphatic hydroxyl groups excluding tert-OH is 9. The molecule has 73 heavy (non-hydrogen) atoms. The molecule has 3 heterocycles. The van der Waals surface area contributed by atoms with Crippen LogP contribution in [0.4, 0.5) is 0 Å². The number of rotatable bonds is 12. The molecule has 3 aliphatic heterocycles. The maximum atomic E-state index is 14.0. The van der Waals surface area contributed by atoms with Gasteiger partial charge in [-0.1, -0.05) is 60.1 Å². The summed E-state index contributed by atoms with van der Waals surface area (Å²) in [7, 11) is 3.70. The Hall–Kier alpha value is -1.96. The highest BCUT2D eigenvalue weighted by molar-refractivity contribution is 5.76. The Morgan fingerprint density at radius 2 is 1.32 bits per heavy atom. The van der Waals surface area contributed by atoms with Gasteiger partial charge in [-0.3, -0.25) is 0 Å². The Balaban J connectivity index is 1.18. The second kappa shape index (κ2) is 20.7. The van der Waals surface area contributed by atoms with Crippen molar-refractivity contribution in [3.63, 3.8) is 0 Å². The minimum atomic E-state index is -2.07. The molecule has 5 aliphatic carbocycles. The third-order valence-electron chi connectivity index (χ3n) is 20.7. The van der Waals surface area contributed by atoms with Crippen LogP contribution in [0.3, 0.4) is 0 Å². The molecule has 0 aromatic heterocycles. The lowest BCUT2D eigenvalue weighted by Crippen LogP contribution is -2.70.